The maximum atomic E-state index is 14.8. The molecule has 11 heteroatoms. The summed E-state index contributed by atoms with van der Waals surface area (Å²) in [6.07, 6.45) is 1.23. The zero-order valence-corrected chi connectivity index (χ0v) is 27.1. The van der Waals surface area contributed by atoms with Crippen LogP contribution >= 0.6 is 0 Å². The van der Waals surface area contributed by atoms with Crippen molar-refractivity contribution in [1.82, 2.24) is 0 Å². The number of anilines is 2. The van der Waals surface area contributed by atoms with Gasteiger partial charge in [-0.05, 0) is 54.3 Å². The lowest BCUT2D eigenvalue weighted by Gasteiger charge is -2.37. The zero-order chi connectivity index (χ0) is 32.1. The first kappa shape index (κ1) is 30.9. The van der Waals surface area contributed by atoms with Gasteiger partial charge in [-0.3, -0.25) is 19.7 Å². The lowest BCUT2D eigenvalue weighted by Crippen LogP contribution is -2.51. The number of hydrogen-bond donors (Lipinski definition) is 1. The van der Waals surface area contributed by atoms with Crippen LogP contribution in [-0.2, 0) is 26.5 Å². The van der Waals surface area contributed by atoms with Crippen molar-refractivity contribution in [2.24, 2.45) is 5.92 Å². The molecule has 0 bridgehead atoms. The van der Waals surface area contributed by atoms with E-state index in [1.54, 1.807) is 23.0 Å². The summed E-state index contributed by atoms with van der Waals surface area (Å²) < 4.78 is 12.3. The Bertz CT molecular complexity index is 1640. The Kier molecular flexibility index (Phi) is 8.04. The van der Waals surface area contributed by atoms with Crippen LogP contribution < -0.4 is 19.7 Å². The number of nitro groups is 1. The Balaban J connectivity index is 1.43. The monoisotopic (exact) mass is 629 g/mol. The number of rotatable bonds is 9. The Morgan fingerprint density at radius 3 is 2.51 bits per heavy atom. The Hall–Kier alpha value is -4.06. The number of nitro benzene ring substituents is 1. The van der Waals surface area contributed by atoms with E-state index >= 15 is 0 Å². The van der Waals surface area contributed by atoms with Gasteiger partial charge in [0, 0.05) is 48.9 Å². The lowest BCUT2D eigenvalue weighted by atomic mass is 9.82. The summed E-state index contributed by atoms with van der Waals surface area (Å²) in [5, 5.41) is 23.3. The van der Waals surface area contributed by atoms with Crippen molar-refractivity contribution in [3.8, 4) is 5.75 Å². The van der Waals surface area contributed by atoms with Crippen molar-refractivity contribution in [3.63, 3.8) is 0 Å². The molecule has 3 aliphatic heterocycles. The zero-order valence-electron chi connectivity index (χ0n) is 26.1. The van der Waals surface area contributed by atoms with E-state index in [9.17, 15) is 24.8 Å². The van der Waals surface area contributed by atoms with E-state index < -0.39 is 24.7 Å². The Labute approximate surface area is 263 Å². The van der Waals surface area contributed by atoms with Crippen LogP contribution in [0.25, 0.3) is 0 Å². The van der Waals surface area contributed by atoms with E-state index in [-0.39, 0.29) is 42.1 Å². The number of carbonyl (C=O) groups is 2. The Morgan fingerprint density at radius 1 is 1.11 bits per heavy atom. The molecule has 0 radical (unpaired) electrons. The molecule has 0 saturated carbocycles. The van der Waals surface area contributed by atoms with Gasteiger partial charge in [0.25, 0.3) is 11.6 Å². The highest BCUT2D eigenvalue weighted by atomic mass is 28.3. The van der Waals surface area contributed by atoms with Gasteiger partial charge in [-0.2, -0.15) is 0 Å². The second kappa shape index (κ2) is 11.7. The predicted molar refractivity (Wildman–Crippen MR) is 174 cm³/mol. The van der Waals surface area contributed by atoms with Gasteiger partial charge in [0.05, 0.1) is 38.4 Å². The van der Waals surface area contributed by atoms with Crippen LogP contribution in [-0.4, -0.2) is 56.3 Å². The highest BCUT2D eigenvalue weighted by Crippen LogP contribution is 2.60. The fraction of sp³-hybridized carbons (Fsp3) is 0.412. The standard InChI is InChI=1S/C34H39N3O7Si/c1-22-32(45(3,4)27-13-11-26(43-2)12-14-27)30(16-18-38)44-34(22)28-20-25(37(41)42)10-15-29(28)36(33(34)40)21-23-7-5-8-24(19-23)35-17-6-9-31(35)39/h5,7-8,10-15,19-20,22,30,32,38H,6,9,16-18,21H2,1-4H3/t22-,30+,32-,34+/m0/s1. The first-order valence-corrected chi connectivity index (χ1v) is 18.5. The smallest absolute Gasteiger partial charge is 0.269 e. The van der Waals surface area contributed by atoms with Gasteiger partial charge in [0.2, 0.25) is 5.91 Å². The summed E-state index contributed by atoms with van der Waals surface area (Å²) in [5.41, 5.74) is 1.05. The number of aliphatic hydroxyl groups excluding tert-OH is 1. The molecule has 0 unspecified atom stereocenters. The molecule has 3 aromatic carbocycles. The van der Waals surface area contributed by atoms with E-state index in [0.29, 0.717) is 30.6 Å². The minimum Gasteiger partial charge on any atom is -0.497 e. The number of ether oxygens (including phenoxy) is 2. The van der Waals surface area contributed by atoms with Crippen LogP contribution in [0.1, 0.15) is 37.3 Å². The average Bonchev–Trinajstić information content (AvgIpc) is 3.66. The molecule has 3 heterocycles. The topological polar surface area (TPSA) is 122 Å². The summed E-state index contributed by atoms with van der Waals surface area (Å²) in [6.45, 7) is 7.28. The van der Waals surface area contributed by atoms with Crippen LogP contribution in [0.4, 0.5) is 17.1 Å². The van der Waals surface area contributed by atoms with Gasteiger partial charge in [-0.15, -0.1) is 0 Å². The third-order valence-electron chi connectivity index (χ3n) is 10.1. The number of methoxy groups -OCH3 is 1. The largest absolute Gasteiger partial charge is 0.497 e. The molecule has 3 aliphatic rings. The van der Waals surface area contributed by atoms with Crippen molar-refractivity contribution in [2.45, 2.75) is 63.1 Å². The second-order valence-electron chi connectivity index (χ2n) is 12.8. The van der Waals surface area contributed by atoms with Gasteiger partial charge < -0.3 is 24.4 Å². The molecule has 0 aliphatic carbocycles. The van der Waals surface area contributed by atoms with E-state index in [1.165, 1.54) is 17.3 Å². The van der Waals surface area contributed by atoms with Crippen LogP contribution in [0.3, 0.4) is 0 Å². The van der Waals surface area contributed by atoms with Gasteiger partial charge >= 0.3 is 0 Å². The maximum absolute atomic E-state index is 14.8. The lowest BCUT2D eigenvalue weighted by molar-refractivity contribution is -0.385. The number of nitrogens with zero attached hydrogens (tertiary/aromatic N) is 3. The number of fused-ring (bicyclic) bond motifs is 2. The number of benzene rings is 3. The molecule has 2 amide bonds. The fourth-order valence-electron chi connectivity index (χ4n) is 7.90. The summed E-state index contributed by atoms with van der Waals surface area (Å²) in [7, 11) is -0.758. The number of carbonyl (C=O) groups excluding carboxylic acids is 2. The third kappa shape index (κ3) is 5.03. The van der Waals surface area contributed by atoms with Crippen molar-refractivity contribution < 1.29 is 29.1 Å². The van der Waals surface area contributed by atoms with E-state index in [4.69, 9.17) is 9.47 Å². The SMILES string of the molecule is COc1ccc([Si](C)(C)[C@@H]2[C@@H](CCO)O[C@]3(C(=O)N(Cc4cccc(N5CCCC5=O)c4)c4ccc([N+](=O)[O-])cc43)[C@H]2C)cc1. The molecule has 1 spiro atoms. The average molecular weight is 630 g/mol. The highest BCUT2D eigenvalue weighted by molar-refractivity contribution is 6.91. The van der Waals surface area contributed by atoms with Gasteiger partial charge in [-0.1, -0.05) is 49.5 Å². The van der Waals surface area contributed by atoms with E-state index in [1.807, 2.05) is 43.3 Å². The molecule has 1 N–H and O–H groups in total. The van der Waals surface area contributed by atoms with Crippen molar-refractivity contribution >= 4 is 42.1 Å². The molecule has 10 nitrogen and oxygen atoms in total. The molecular formula is C34H39N3O7Si. The summed E-state index contributed by atoms with van der Waals surface area (Å²) in [6, 6.07) is 20.2. The number of hydrogen-bond acceptors (Lipinski definition) is 7. The second-order valence-corrected chi connectivity index (χ2v) is 17.5. The predicted octanol–water partition coefficient (Wildman–Crippen LogP) is 4.88. The van der Waals surface area contributed by atoms with E-state index in [0.717, 1.165) is 23.4 Å². The molecule has 2 fully saturated rings. The summed E-state index contributed by atoms with van der Waals surface area (Å²) in [5.74, 6) is 0.227. The van der Waals surface area contributed by atoms with Crippen LogP contribution in [0.2, 0.25) is 18.6 Å². The summed E-state index contributed by atoms with van der Waals surface area (Å²) >= 11 is 0. The van der Waals surface area contributed by atoms with Gasteiger partial charge in [-0.25, -0.2) is 0 Å². The number of amides is 2. The van der Waals surface area contributed by atoms with Crippen molar-refractivity contribution in [2.75, 3.05) is 30.1 Å². The van der Waals surface area contributed by atoms with Gasteiger partial charge in [0.1, 0.15) is 5.75 Å². The number of aliphatic hydroxyl groups is 1. The first-order chi connectivity index (χ1) is 21.5. The molecule has 4 atom stereocenters. The quantitative estimate of drug-likeness (QED) is 0.204. The highest BCUT2D eigenvalue weighted by Gasteiger charge is 2.66. The normalized spacial score (nSPS) is 24.5. The number of non-ortho nitro benzene ring substituents is 1. The van der Waals surface area contributed by atoms with Gasteiger partial charge in [0.15, 0.2) is 5.60 Å². The molecule has 0 aromatic heterocycles. The van der Waals surface area contributed by atoms with Crippen molar-refractivity contribution in [1.29, 1.82) is 0 Å². The van der Waals surface area contributed by atoms with Crippen LogP contribution in [0.5, 0.6) is 5.75 Å². The van der Waals surface area contributed by atoms with E-state index in [2.05, 4.69) is 25.2 Å². The molecular weight excluding hydrogens is 590 g/mol. The molecule has 236 valence electrons. The molecule has 2 saturated heterocycles. The van der Waals surface area contributed by atoms with Crippen LogP contribution in [0.15, 0.2) is 66.7 Å². The molecule has 45 heavy (non-hydrogen) atoms. The summed E-state index contributed by atoms with van der Waals surface area (Å²) in [4.78, 5) is 42.2. The van der Waals surface area contributed by atoms with Crippen LogP contribution in [0, 0.1) is 16.0 Å². The van der Waals surface area contributed by atoms with Crippen molar-refractivity contribution in [3.05, 3.63) is 88.0 Å². The molecule has 6 rings (SSSR count). The Morgan fingerprint density at radius 2 is 1.87 bits per heavy atom. The maximum Gasteiger partial charge on any atom is 0.269 e. The minimum atomic E-state index is -2.38. The molecule has 3 aromatic rings. The fourth-order valence-corrected chi connectivity index (χ4v) is 12.0. The minimum absolute atomic E-state index is 0.0822. The first-order valence-electron chi connectivity index (χ1n) is 15.5. The third-order valence-corrected chi connectivity index (χ3v) is 14.4.